The van der Waals surface area contributed by atoms with E-state index in [2.05, 4.69) is 44.3 Å². The van der Waals surface area contributed by atoms with Gasteiger partial charge in [-0.2, -0.15) is 5.10 Å². The molecular weight excluding hydrogens is 584 g/mol. The number of ether oxygens (including phenoxy) is 1. The van der Waals surface area contributed by atoms with Gasteiger partial charge in [0.1, 0.15) is 5.75 Å². The first-order chi connectivity index (χ1) is 22.1. The summed E-state index contributed by atoms with van der Waals surface area (Å²) >= 11 is 0. The molecule has 2 aromatic carbocycles. The quantitative estimate of drug-likeness (QED) is 0.350. The number of piperazine rings is 1. The Kier molecular flexibility index (Phi) is 8.93. The van der Waals surface area contributed by atoms with Crippen LogP contribution in [0.4, 0.5) is 10.5 Å². The van der Waals surface area contributed by atoms with E-state index >= 15 is 0 Å². The molecule has 3 fully saturated rings. The Morgan fingerprint density at radius 1 is 1.00 bits per heavy atom. The summed E-state index contributed by atoms with van der Waals surface area (Å²) in [5.74, 6) is 0.554. The van der Waals surface area contributed by atoms with Gasteiger partial charge in [0.2, 0.25) is 5.91 Å². The third kappa shape index (κ3) is 6.98. The highest BCUT2D eigenvalue weighted by molar-refractivity contribution is 5.85. The Hall–Kier alpha value is -4.54. The summed E-state index contributed by atoms with van der Waals surface area (Å²) in [5, 5.41) is 16.4. The van der Waals surface area contributed by atoms with Crippen molar-refractivity contribution in [1.82, 2.24) is 24.9 Å². The maximum Gasteiger partial charge on any atom is 0.407 e. The summed E-state index contributed by atoms with van der Waals surface area (Å²) in [6.45, 7) is 8.88. The van der Waals surface area contributed by atoms with E-state index in [1.807, 2.05) is 37.4 Å². The number of rotatable bonds is 9. The first-order valence-electron chi connectivity index (χ1n) is 16.3. The van der Waals surface area contributed by atoms with Gasteiger partial charge in [-0.1, -0.05) is 30.3 Å². The zero-order valence-electron chi connectivity index (χ0n) is 26.9. The number of hydrogen-bond donors (Lipinski definition) is 2. The van der Waals surface area contributed by atoms with Crippen LogP contribution in [0.25, 0.3) is 11.1 Å². The molecule has 3 aromatic rings. The van der Waals surface area contributed by atoms with E-state index in [1.165, 1.54) is 4.90 Å². The number of hydrogen-bond acceptors (Lipinski definition) is 6. The summed E-state index contributed by atoms with van der Waals surface area (Å²) in [6.07, 6.45) is 4.77. The minimum absolute atomic E-state index is 0.0886. The van der Waals surface area contributed by atoms with Crippen LogP contribution < -0.4 is 9.64 Å². The van der Waals surface area contributed by atoms with Gasteiger partial charge < -0.3 is 29.4 Å². The number of piperidine rings is 1. The molecule has 3 heterocycles. The van der Waals surface area contributed by atoms with Crippen molar-refractivity contribution in [3.63, 3.8) is 0 Å². The summed E-state index contributed by atoms with van der Waals surface area (Å²) < 4.78 is 6.25. The smallest absolute Gasteiger partial charge is 0.407 e. The second-order valence-corrected chi connectivity index (χ2v) is 13.3. The topological polar surface area (TPSA) is 122 Å². The van der Waals surface area contributed by atoms with E-state index in [9.17, 15) is 19.5 Å². The van der Waals surface area contributed by atoms with E-state index in [-0.39, 0.29) is 30.8 Å². The van der Waals surface area contributed by atoms with Gasteiger partial charge in [0.15, 0.2) is 5.60 Å². The Balaban J connectivity index is 1.08. The molecule has 0 spiro atoms. The number of nitrogens with zero attached hydrogens (tertiary/aromatic N) is 5. The minimum Gasteiger partial charge on any atom is -0.478 e. The van der Waals surface area contributed by atoms with Gasteiger partial charge in [-0.15, -0.1) is 0 Å². The van der Waals surface area contributed by atoms with Crippen molar-refractivity contribution >= 4 is 23.6 Å². The van der Waals surface area contributed by atoms with Crippen molar-refractivity contribution in [2.24, 2.45) is 5.92 Å². The van der Waals surface area contributed by atoms with Gasteiger partial charge >= 0.3 is 6.09 Å². The lowest BCUT2D eigenvalue weighted by atomic mass is 9.95. The molecule has 3 amide bonds. The first-order valence-corrected chi connectivity index (χ1v) is 16.3. The van der Waals surface area contributed by atoms with Crippen molar-refractivity contribution in [1.29, 1.82) is 0 Å². The maximum atomic E-state index is 14.0. The number of aryl methyl sites for hydroxylation is 1. The number of nitrogens with one attached hydrogen (secondary N) is 1. The molecule has 3 aliphatic rings. The minimum atomic E-state index is -1.12. The summed E-state index contributed by atoms with van der Waals surface area (Å²) in [5.41, 5.74) is 4.21. The molecule has 1 saturated carbocycles. The van der Waals surface area contributed by atoms with Gasteiger partial charge in [-0.25, -0.2) is 4.79 Å². The molecule has 244 valence electrons. The van der Waals surface area contributed by atoms with Crippen molar-refractivity contribution < 1.29 is 24.2 Å². The lowest BCUT2D eigenvalue weighted by Crippen LogP contribution is -2.56. The number of amides is 3. The second-order valence-electron chi connectivity index (χ2n) is 13.3. The van der Waals surface area contributed by atoms with Crippen LogP contribution in [0.15, 0.2) is 54.7 Å². The highest BCUT2D eigenvalue weighted by Gasteiger charge is 2.38. The van der Waals surface area contributed by atoms with Gasteiger partial charge in [0.25, 0.3) is 5.91 Å². The summed E-state index contributed by atoms with van der Waals surface area (Å²) in [7, 11) is 0. The van der Waals surface area contributed by atoms with Crippen molar-refractivity contribution in [3.8, 4) is 16.9 Å². The molecule has 1 aliphatic carbocycles. The van der Waals surface area contributed by atoms with Crippen LogP contribution in [0.2, 0.25) is 0 Å². The molecule has 11 nitrogen and oxygen atoms in total. The van der Waals surface area contributed by atoms with E-state index in [4.69, 9.17) is 4.74 Å². The number of aromatic nitrogens is 2. The number of H-pyrrole nitrogens is 1. The number of benzene rings is 2. The zero-order valence-corrected chi connectivity index (χ0v) is 26.9. The molecule has 2 aliphatic heterocycles. The molecule has 1 aromatic heterocycles. The average molecular weight is 629 g/mol. The molecule has 11 heteroatoms. The molecule has 0 radical (unpaired) electrons. The maximum absolute atomic E-state index is 14.0. The van der Waals surface area contributed by atoms with E-state index in [0.717, 1.165) is 60.3 Å². The normalized spacial score (nSPS) is 18.8. The molecule has 0 bridgehead atoms. The van der Waals surface area contributed by atoms with E-state index in [0.29, 0.717) is 38.0 Å². The molecule has 2 N–H and O–H groups in total. The number of anilines is 1. The highest BCUT2D eigenvalue weighted by atomic mass is 16.5. The lowest BCUT2D eigenvalue weighted by molar-refractivity contribution is -0.147. The fourth-order valence-electron chi connectivity index (χ4n) is 6.61. The van der Waals surface area contributed by atoms with E-state index < -0.39 is 11.7 Å². The number of carbonyl (C=O) groups excluding carboxylic acids is 2. The van der Waals surface area contributed by atoms with Crippen molar-refractivity contribution in [3.05, 3.63) is 66.0 Å². The van der Waals surface area contributed by atoms with Crippen molar-refractivity contribution in [2.75, 3.05) is 44.2 Å². The third-order valence-corrected chi connectivity index (χ3v) is 9.40. The standard InChI is InChI=1S/C35H44N6O5/c1-24-31(21-36-37-24)26-11-9-25(10-12-26)22-41(28-13-14-28)32(42)27-6-5-15-40(23-27)29-7-4-8-30(20-29)46-35(2,3)33(43)38-16-18-39(19-17-38)34(44)45/h4,7-12,20-21,27-28H,5-6,13-19,22-23H2,1-3H3,(H,36,37)(H,44,45). The Labute approximate surface area is 270 Å². The summed E-state index contributed by atoms with van der Waals surface area (Å²) in [6, 6.07) is 16.5. The Bertz CT molecular complexity index is 1560. The van der Waals surface area contributed by atoms with Crippen molar-refractivity contribution in [2.45, 2.75) is 64.6 Å². The third-order valence-electron chi connectivity index (χ3n) is 9.40. The van der Waals surface area contributed by atoms with Crippen LogP contribution >= 0.6 is 0 Å². The first kappa shape index (κ1) is 31.4. The number of carboxylic acid groups (broad SMARTS) is 1. The van der Waals surface area contributed by atoms with Crippen LogP contribution in [-0.2, 0) is 16.1 Å². The molecule has 46 heavy (non-hydrogen) atoms. The van der Waals surface area contributed by atoms with Crippen LogP contribution in [0, 0.1) is 12.8 Å². The average Bonchev–Trinajstić information content (AvgIpc) is 3.82. The molecule has 1 unspecified atom stereocenters. The predicted octanol–water partition coefficient (Wildman–Crippen LogP) is 4.77. The fourth-order valence-corrected chi connectivity index (χ4v) is 6.61. The Morgan fingerprint density at radius 2 is 1.72 bits per heavy atom. The zero-order chi connectivity index (χ0) is 32.4. The van der Waals surface area contributed by atoms with Crippen LogP contribution in [0.3, 0.4) is 0 Å². The molecule has 1 atom stereocenters. The van der Waals surface area contributed by atoms with E-state index in [1.54, 1.807) is 18.7 Å². The SMILES string of the molecule is Cc1[nH]ncc1-c1ccc(CN(C(=O)C2CCCN(c3cccc(OC(C)(C)C(=O)N4CCN(C(=O)O)CC4)c3)C2)C2CC2)cc1. The predicted molar refractivity (Wildman–Crippen MR) is 175 cm³/mol. The fraction of sp³-hybridized carbons (Fsp3) is 0.486. The van der Waals surface area contributed by atoms with Crippen LogP contribution in [-0.4, -0.2) is 98.8 Å². The molecule has 6 rings (SSSR count). The highest BCUT2D eigenvalue weighted by Crippen LogP contribution is 2.34. The summed E-state index contributed by atoms with van der Waals surface area (Å²) in [4.78, 5) is 45.9. The van der Waals surface area contributed by atoms with Crippen LogP contribution in [0.1, 0.15) is 50.8 Å². The van der Waals surface area contributed by atoms with Gasteiger partial charge in [-0.3, -0.25) is 14.7 Å². The monoisotopic (exact) mass is 628 g/mol. The second kappa shape index (κ2) is 13.1. The molecule has 2 saturated heterocycles. The van der Waals surface area contributed by atoms with Gasteiger partial charge in [0, 0.05) is 74.9 Å². The van der Waals surface area contributed by atoms with Gasteiger partial charge in [0.05, 0.1) is 12.1 Å². The van der Waals surface area contributed by atoms with Gasteiger partial charge in [-0.05, 0) is 69.7 Å². The Morgan fingerprint density at radius 3 is 2.37 bits per heavy atom. The number of aromatic amines is 1. The largest absolute Gasteiger partial charge is 0.478 e. The lowest BCUT2D eigenvalue weighted by Gasteiger charge is -2.38. The van der Waals surface area contributed by atoms with Crippen LogP contribution in [0.5, 0.6) is 5.75 Å². The number of carbonyl (C=O) groups is 3. The molecular formula is C35H44N6O5.